The second-order valence-corrected chi connectivity index (χ2v) is 4.50. The summed E-state index contributed by atoms with van der Waals surface area (Å²) in [5, 5.41) is 3.01. The van der Waals surface area contributed by atoms with Crippen molar-refractivity contribution in [2.75, 3.05) is 24.8 Å². The Morgan fingerprint density at radius 2 is 2.00 bits per heavy atom. The van der Waals surface area contributed by atoms with Gasteiger partial charge in [-0.15, -0.1) is 0 Å². The minimum atomic E-state index is 0.834. The third-order valence-corrected chi connectivity index (χ3v) is 3.22. The van der Waals surface area contributed by atoms with E-state index in [2.05, 4.69) is 27.3 Å². The summed E-state index contributed by atoms with van der Waals surface area (Å²) in [6, 6.07) is 0. The highest BCUT2D eigenvalue weighted by molar-refractivity contribution is 7.98. The lowest BCUT2D eigenvalue weighted by Crippen LogP contribution is -2.42. The number of nitrogens with zero attached hydrogens (tertiary/aromatic N) is 3. The Hall–Kier alpha value is -0.810. The van der Waals surface area contributed by atoms with Crippen molar-refractivity contribution in [2.45, 2.75) is 25.4 Å². The molecule has 0 spiro atoms. The van der Waals surface area contributed by atoms with E-state index in [1.54, 1.807) is 11.8 Å². The summed E-state index contributed by atoms with van der Waals surface area (Å²) in [5.41, 5.74) is 5.52. The van der Waals surface area contributed by atoms with E-state index in [4.69, 9.17) is 0 Å². The normalized spacial score (nSPS) is 16.2. The Kier molecular flexibility index (Phi) is 3.11. The quantitative estimate of drug-likeness (QED) is 0.627. The number of hydrogen-bond acceptors (Lipinski definition) is 5. The highest BCUT2D eigenvalue weighted by Crippen LogP contribution is 2.20. The van der Waals surface area contributed by atoms with Gasteiger partial charge < -0.3 is 5.43 Å². The maximum absolute atomic E-state index is 4.47. The molecule has 5 heteroatoms. The molecule has 0 amide bonds. The van der Waals surface area contributed by atoms with Crippen molar-refractivity contribution in [3.05, 3.63) is 11.3 Å². The van der Waals surface area contributed by atoms with Gasteiger partial charge in [0.05, 0.1) is 0 Å². The third-order valence-electron chi connectivity index (χ3n) is 2.67. The topological polar surface area (TPSA) is 41.1 Å². The van der Waals surface area contributed by atoms with Crippen LogP contribution in [0, 0.1) is 13.8 Å². The standard InChI is InChI=1S/C10H16N4S/c1-7-8(2)11-10(15-3)12-9(7)13-14-5-4-6-14/h4-6H2,1-3H3,(H,11,12,13). The van der Waals surface area contributed by atoms with Crippen molar-refractivity contribution >= 4 is 17.6 Å². The lowest BCUT2D eigenvalue weighted by Gasteiger charge is -2.32. The average molecular weight is 224 g/mol. The van der Waals surface area contributed by atoms with Crippen molar-refractivity contribution in [1.82, 2.24) is 15.0 Å². The van der Waals surface area contributed by atoms with Gasteiger partial charge in [0, 0.05) is 24.3 Å². The molecular weight excluding hydrogens is 208 g/mol. The van der Waals surface area contributed by atoms with Crippen LogP contribution in [-0.2, 0) is 0 Å². The maximum Gasteiger partial charge on any atom is 0.189 e. The van der Waals surface area contributed by atoms with Gasteiger partial charge in [-0.2, -0.15) is 0 Å². The number of aryl methyl sites for hydroxylation is 1. The molecule has 2 rings (SSSR count). The zero-order valence-electron chi connectivity index (χ0n) is 9.37. The lowest BCUT2D eigenvalue weighted by molar-refractivity contribution is 0.224. The fourth-order valence-corrected chi connectivity index (χ4v) is 1.79. The first-order chi connectivity index (χ1) is 7.20. The predicted molar refractivity (Wildman–Crippen MR) is 63.1 cm³/mol. The van der Waals surface area contributed by atoms with Gasteiger partial charge in [-0.1, -0.05) is 11.8 Å². The Balaban J connectivity index is 2.23. The molecule has 1 N–H and O–H groups in total. The van der Waals surface area contributed by atoms with Crippen LogP contribution in [0.1, 0.15) is 17.7 Å². The lowest BCUT2D eigenvalue weighted by atomic mass is 10.2. The van der Waals surface area contributed by atoms with Crippen LogP contribution in [0.3, 0.4) is 0 Å². The molecule has 0 bridgehead atoms. The van der Waals surface area contributed by atoms with Crippen LogP contribution in [0.25, 0.3) is 0 Å². The molecule has 82 valence electrons. The zero-order valence-corrected chi connectivity index (χ0v) is 10.2. The van der Waals surface area contributed by atoms with Gasteiger partial charge in [-0.25, -0.2) is 15.0 Å². The number of hydrogen-bond donors (Lipinski definition) is 1. The van der Waals surface area contributed by atoms with Gasteiger partial charge >= 0.3 is 0 Å². The second kappa shape index (κ2) is 4.37. The molecule has 0 saturated carbocycles. The highest BCUT2D eigenvalue weighted by atomic mass is 32.2. The first-order valence-electron chi connectivity index (χ1n) is 5.11. The largest absolute Gasteiger partial charge is 0.303 e. The molecule has 4 nitrogen and oxygen atoms in total. The summed E-state index contributed by atoms with van der Waals surface area (Å²) < 4.78 is 0. The van der Waals surface area contributed by atoms with Crippen LogP contribution in [0.15, 0.2) is 5.16 Å². The van der Waals surface area contributed by atoms with Crippen LogP contribution < -0.4 is 5.43 Å². The Bertz CT molecular complexity index is 363. The number of anilines is 1. The van der Waals surface area contributed by atoms with Gasteiger partial charge in [-0.05, 0) is 26.5 Å². The highest BCUT2D eigenvalue weighted by Gasteiger charge is 2.16. The van der Waals surface area contributed by atoms with Crippen molar-refractivity contribution < 1.29 is 0 Å². The second-order valence-electron chi connectivity index (χ2n) is 3.72. The minimum Gasteiger partial charge on any atom is -0.303 e. The molecule has 1 fully saturated rings. The summed E-state index contributed by atoms with van der Waals surface area (Å²) in [6.45, 7) is 6.30. The SMILES string of the molecule is CSc1nc(C)c(C)c(NN2CCC2)n1. The maximum atomic E-state index is 4.47. The number of aromatic nitrogens is 2. The average Bonchev–Trinajstić information content (AvgIpc) is 2.17. The van der Waals surface area contributed by atoms with Gasteiger partial charge in [0.15, 0.2) is 5.16 Å². The molecular formula is C10H16N4S. The zero-order chi connectivity index (χ0) is 10.8. The van der Waals surface area contributed by atoms with Crippen LogP contribution in [0.4, 0.5) is 5.82 Å². The smallest absolute Gasteiger partial charge is 0.189 e. The Morgan fingerprint density at radius 1 is 1.27 bits per heavy atom. The van der Waals surface area contributed by atoms with E-state index in [0.717, 1.165) is 35.3 Å². The Labute approximate surface area is 94.5 Å². The van der Waals surface area contributed by atoms with E-state index in [1.165, 1.54) is 6.42 Å². The molecule has 0 aliphatic carbocycles. The Morgan fingerprint density at radius 3 is 2.53 bits per heavy atom. The molecule has 2 heterocycles. The minimum absolute atomic E-state index is 0.834. The summed E-state index contributed by atoms with van der Waals surface area (Å²) in [6.07, 6.45) is 3.27. The molecule has 15 heavy (non-hydrogen) atoms. The number of nitrogens with one attached hydrogen (secondary N) is 1. The molecule has 0 aromatic carbocycles. The van der Waals surface area contributed by atoms with Crippen molar-refractivity contribution in [1.29, 1.82) is 0 Å². The fraction of sp³-hybridized carbons (Fsp3) is 0.600. The molecule has 0 atom stereocenters. The molecule has 1 saturated heterocycles. The summed E-state index contributed by atoms with van der Waals surface area (Å²) in [5.74, 6) is 0.951. The summed E-state index contributed by atoms with van der Waals surface area (Å²) in [4.78, 5) is 8.87. The number of thioether (sulfide) groups is 1. The van der Waals surface area contributed by atoms with Crippen LogP contribution in [0.5, 0.6) is 0 Å². The van der Waals surface area contributed by atoms with E-state index in [1.807, 2.05) is 13.2 Å². The van der Waals surface area contributed by atoms with Gasteiger partial charge in [0.2, 0.25) is 0 Å². The van der Waals surface area contributed by atoms with E-state index in [-0.39, 0.29) is 0 Å². The van der Waals surface area contributed by atoms with E-state index in [0.29, 0.717) is 0 Å². The van der Waals surface area contributed by atoms with E-state index >= 15 is 0 Å². The molecule has 1 aliphatic heterocycles. The first-order valence-corrected chi connectivity index (χ1v) is 6.34. The first kappa shape index (κ1) is 10.7. The molecule has 1 aromatic rings. The van der Waals surface area contributed by atoms with Gasteiger partial charge in [-0.3, -0.25) is 0 Å². The summed E-state index contributed by atoms with van der Waals surface area (Å²) in [7, 11) is 0. The van der Waals surface area contributed by atoms with Crippen LogP contribution in [0.2, 0.25) is 0 Å². The van der Waals surface area contributed by atoms with Crippen LogP contribution >= 0.6 is 11.8 Å². The van der Waals surface area contributed by atoms with Gasteiger partial charge in [0.25, 0.3) is 0 Å². The van der Waals surface area contributed by atoms with E-state index in [9.17, 15) is 0 Å². The molecule has 1 aromatic heterocycles. The fourth-order valence-electron chi connectivity index (χ4n) is 1.38. The molecule has 0 unspecified atom stereocenters. The van der Waals surface area contributed by atoms with E-state index < -0.39 is 0 Å². The number of rotatable bonds is 3. The predicted octanol–water partition coefficient (Wildman–Crippen LogP) is 1.85. The summed E-state index contributed by atoms with van der Waals surface area (Å²) >= 11 is 1.58. The number of hydrazine groups is 1. The molecule has 0 radical (unpaired) electrons. The monoisotopic (exact) mass is 224 g/mol. The van der Waals surface area contributed by atoms with Crippen molar-refractivity contribution in [3.63, 3.8) is 0 Å². The van der Waals surface area contributed by atoms with Crippen LogP contribution in [-0.4, -0.2) is 34.3 Å². The van der Waals surface area contributed by atoms with Gasteiger partial charge in [0.1, 0.15) is 5.82 Å². The van der Waals surface area contributed by atoms with Crippen molar-refractivity contribution in [2.24, 2.45) is 0 Å². The third kappa shape index (κ3) is 2.23. The molecule has 1 aliphatic rings. The van der Waals surface area contributed by atoms with Crippen molar-refractivity contribution in [3.8, 4) is 0 Å².